The summed E-state index contributed by atoms with van der Waals surface area (Å²) in [6, 6.07) is 1.61. The van der Waals surface area contributed by atoms with E-state index >= 15 is 0 Å². The zero-order chi connectivity index (χ0) is 11.6. The first kappa shape index (κ1) is 12.4. The fourth-order valence-corrected chi connectivity index (χ4v) is 3.23. The lowest BCUT2D eigenvalue weighted by atomic mass is 9.75. The third kappa shape index (κ3) is 3.21. The third-order valence-corrected chi connectivity index (χ3v) is 4.60. The molecule has 1 heterocycles. The zero-order valence-electron chi connectivity index (χ0n) is 11.3. The fraction of sp³-hybridized carbons (Fsp3) is 1.00. The highest BCUT2D eigenvalue weighted by atomic mass is 15.2. The van der Waals surface area contributed by atoms with Gasteiger partial charge in [0.2, 0.25) is 0 Å². The number of nitrogens with zero attached hydrogens (tertiary/aromatic N) is 1. The maximum atomic E-state index is 3.60. The molecule has 1 aliphatic carbocycles. The Morgan fingerprint density at radius 2 is 1.88 bits per heavy atom. The van der Waals surface area contributed by atoms with Gasteiger partial charge in [-0.1, -0.05) is 13.8 Å². The number of hydrogen-bond acceptors (Lipinski definition) is 2. The van der Waals surface area contributed by atoms with Gasteiger partial charge in [-0.15, -0.1) is 0 Å². The van der Waals surface area contributed by atoms with Gasteiger partial charge in [0.25, 0.3) is 0 Å². The molecule has 0 radical (unpaired) electrons. The average Bonchev–Trinajstić information content (AvgIpc) is 2.70. The predicted octanol–water partition coefficient (Wildman–Crippen LogP) is 2.64. The van der Waals surface area contributed by atoms with Crippen LogP contribution in [0.5, 0.6) is 0 Å². The van der Waals surface area contributed by atoms with Crippen LogP contribution in [0.3, 0.4) is 0 Å². The van der Waals surface area contributed by atoms with Crippen molar-refractivity contribution in [3.63, 3.8) is 0 Å². The molecular formula is C14H28N2. The van der Waals surface area contributed by atoms with Crippen LogP contribution >= 0.6 is 0 Å². The van der Waals surface area contributed by atoms with Gasteiger partial charge < -0.3 is 10.2 Å². The van der Waals surface area contributed by atoms with E-state index in [9.17, 15) is 0 Å². The maximum Gasteiger partial charge on any atom is 0.0195 e. The molecule has 16 heavy (non-hydrogen) atoms. The second-order valence-corrected chi connectivity index (χ2v) is 6.63. The van der Waals surface area contributed by atoms with Gasteiger partial charge in [0.05, 0.1) is 0 Å². The molecule has 2 rings (SSSR count). The molecule has 1 saturated carbocycles. The van der Waals surface area contributed by atoms with Crippen molar-refractivity contribution in [2.24, 2.45) is 5.41 Å². The number of nitrogens with one attached hydrogen (secondary N) is 1. The van der Waals surface area contributed by atoms with E-state index in [0.29, 0.717) is 5.41 Å². The molecular weight excluding hydrogens is 196 g/mol. The molecule has 1 N–H and O–H groups in total. The van der Waals surface area contributed by atoms with Crippen molar-refractivity contribution < 1.29 is 0 Å². The van der Waals surface area contributed by atoms with Gasteiger partial charge in [0, 0.05) is 18.6 Å². The Balaban J connectivity index is 1.75. The first-order valence-electron chi connectivity index (χ1n) is 7.00. The topological polar surface area (TPSA) is 15.3 Å². The van der Waals surface area contributed by atoms with Crippen LogP contribution in [0.2, 0.25) is 0 Å². The SMILES string of the molecule is CN(C[C@H]1CCCN1)C1CCC(C)(C)CC1. The van der Waals surface area contributed by atoms with E-state index in [4.69, 9.17) is 0 Å². The zero-order valence-corrected chi connectivity index (χ0v) is 11.3. The second kappa shape index (κ2) is 5.05. The minimum atomic E-state index is 0.600. The Labute approximate surface area is 101 Å². The molecule has 0 amide bonds. The van der Waals surface area contributed by atoms with Gasteiger partial charge in [-0.25, -0.2) is 0 Å². The Hall–Kier alpha value is -0.0800. The second-order valence-electron chi connectivity index (χ2n) is 6.63. The van der Waals surface area contributed by atoms with Crippen molar-refractivity contribution in [3.05, 3.63) is 0 Å². The third-order valence-electron chi connectivity index (χ3n) is 4.60. The monoisotopic (exact) mass is 224 g/mol. The quantitative estimate of drug-likeness (QED) is 0.793. The van der Waals surface area contributed by atoms with Crippen LogP contribution in [-0.4, -0.2) is 37.1 Å². The van der Waals surface area contributed by atoms with E-state index < -0.39 is 0 Å². The van der Waals surface area contributed by atoms with Gasteiger partial charge in [-0.05, 0) is 57.5 Å². The molecule has 0 aromatic heterocycles. The molecule has 94 valence electrons. The summed E-state index contributed by atoms with van der Waals surface area (Å²) in [5.74, 6) is 0. The molecule has 2 fully saturated rings. The van der Waals surface area contributed by atoms with Gasteiger partial charge in [0.15, 0.2) is 0 Å². The van der Waals surface area contributed by atoms with Crippen LogP contribution in [0, 0.1) is 5.41 Å². The summed E-state index contributed by atoms with van der Waals surface area (Å²) >= 11 is 0. The van der Waals surface area contributed by atoms with E-state index in [1.165, 1.54) is 51.6 Å². The van der Waals surface area contributed by atoms with Crippen molar-refractivity contribution in [1.29, 1.82) is 0 Å². The van der Waals surface area contributed by atoms with Gasteiger partial charge >= 0.3 is 0 Å². The normalized spacial score (nSPS) is 31.1. The van der Waals surface area contributed by atoms with Crippen LogP contribution < -0.4 is 5.32 Å². The van der Waals surface area contributed by atoms with Gasteiger partial charge in [0.1, 0.15) is 0 Å². The summed E-state index contributed by atoms with van der Waals surface area (Å²) in [6.07, 6.45) is 8.35. The van der Waals surface area contributed by atoms with E-state index in [0.717, 1.165) is 12.1 Å². The van der Waals surface area contributed by atoms with Crippen LogP contribution in [0.15, 0.2) is 0 Å². The molecule has 1 atom stereocenters. The van der Waals surface area contributed by atoms with Crippen LogP contribution in [0.1, 0.15) is 52.4 Å². The highest BCUT2D eigenvalue weighted by Gasteiger charge is 2.29. The predicted molar refractivity (Wildman–Crippen MR) is 69.7 cm³/mol. The standard InChI is InChI=1S/C14H28N2/c1-14(2)8-6-13(7-9-14)16(3)11-12-5-4-10-15-12/h12-13,15H,4-11H2,1-3H3/t12-/m1/s1. The molecule has 2 nitrogen and oxygen atoms in total. The Kier molecular flexibility index (Phi) is 3.91. The molecule has 0 bridgehead atoms. The summed E-state index contributed by atoms with van der Waals surface area (Å²) < 4.78 is 0. The highest BCUT2D eigenvalue weighted by molar-refractivity contribution is 4.85. The number of rotatable bonds is 3. The molecule has 0 spiro atoms. The van der Waals surface area contributed by atoms with Crippen molar-refractivity contribution >= 4 is 0 Å². The van der Waals surface area contributed by atoms with Crippen LogP contribution in [0.25, 0.3) is 0 Å². The summed E-state index contributed by atoms with van der Waals surface area (Å²) in [7, 11) is 2.32. The Morgan fingerprint density at radius 3 is 2.44 bits per heavy atom. The molecule has 0 aromatic rings. The summed E-state index contributed by atoms with van der Waals surface area (Å²) in [6.45, 7) is 7.32. The van der Waals surface area contributed by atoms with E-state index in [-0.39, 0.29) is 0 Å². The number of hydrogen-bond donors (Lipinski definition) is 1. The van der Waals surface area contributed by atoms with Crippen molar-refractivity contribution in [2.45, 2.75) is 64.5 Å². The van der Waals surface area contributed by atoms with Crippen molar-refractivity contribution in [3.8, 4) is 0 Å². The molecule has 1 aliphatic heterocycles. The molecule has 2 heteroatoms. The van der Waals surface area contributed by atoms with Crippen molar-refractivity contribution in [2.75, 3.05) is 20.1 Å². The van der Waals surface area contributed by atoms with E-state index in [1.807, 2.05) is 0 Å². The lowest BCUT2D eigenvalue weighted by Crippen LogP contribution is -2.43. The van der Waals surface area contributed by atoms with Gasteiger partial charge in [-0.3, -0.25) is 0 Å². The summed E-state index contributed by atoms with van der Waals surface area (Å²) in [5, 5.41) is 3.60. The first-order valence-corrected chi connectivity index (χ1v) is 7.00. The Morgan fingerprint density at radius 1 is 1.19 bits per heavy atom. The largest absolute Gasteiger partial charge is 0.313 e. The molecule has 2 aliphatic rings. The Bertz CT molecular complexity index is 209. The van der Waals surface area contributed by atoms with Gasteiger partial charge in [-0.2, -0.15) is 0 Å². The van der Waals surface area contributed by atoms with E-state index in [2.05, 4.69) is 31.1 Å². The fourth-order valence-electron chi connectivity index (χ4n) is 3.23. The van der Waals surface area contributed by atoms with Crippen LogP contribution in [-0.2, 0) is 0 Å². The highest BCUT2D eigenvalue weighted by Crippen LogP contribution is 2.36. The lowest BCUT2D eigenvalue weighted by Gasteiger charge is -2.39. The molecule has 0 aromatic carbocycles. The molecule has 0 unspecified atom stereocenters. The first-order chi connectivity index (χ1) is 7.57. The number of likely N-dealkylation sites (N-methyl/N-ethyl adjacent to an activating group) is 1. The molecule has 1 saturated heterocycles. The minimum absolute atomic E-state index is 0.600. The maximum absolute atomic E-state index is 3.60. The summed E-state index contributed by atoms with van der Waals surface area (Å²) in [5.41, 5.74) is 0.600. The smallest absolute Gasteiger partial charge is 0.0195 e. The van der Waals surface area contributed by atoms with E-state index in [1.54, 1.807) is 0 Å². The van der Waals surface area contributed by atoms with Crippen LogP contribution in [0.4, 0.5) is 0 Å². The lowest BCUT2D eigenvalue weighted by molar-refractivity contribution is 0.121. The van der Waals surface area contributed by atoms with Crippen molar-refractivity contribution in [1.82, 2.24) is 10.2 Å². The average molecular weight is 224 g/mol. The minimum Gasteiger partial charge on any atom is -0.313 e. The summed E-state index contributed by atoms with van der Waals surface area (Å²) in [4.78, 5) is 2.61.